The van der Waals surface area contributed by atoms with Crippen LogP contribution in [0.15, 0.2) is 29.2 Å². The largest absolute Gasteiger partial charge is 0.455 e. The van der Waals surface area contributed by atoms with Crippen molar-refractivity contribution in [3.8, 4) is 0 Å². The number of carbonyl (C=O) groups excluding carboxylic acids is 5. The highest BCUT2D eigenvalue weighted by molar-refractivity contribution is 7.86. The molecule has 15 heteroatoms. The summed E-state index contributed by atoms with van der Waals surface area (Å²) in [5.41, 5.74) is -1.81. The summed E-state index contributed by atoms with van der Waals surface area (Å²) in [7, 11) is -4.34. The average Bonchev–Trinajstić information content (AvgIpc) is 2.80. The summed E-state index contributed by atoms with van der Waals surface area (Å²) in [4.78, 5) is 60.0. The topological polar surface area (TPSA) is 195 Å². The van der Waals surface area contributed by atoms with Crippen LogP contribution in [0.5, 0.6) is 0 Å². The normalized spacial score (nSPS) is 26.2. The molecule has 40 heavy (non-hydrogen) atoms. The van der Waals surface area contributed by atoms with E-state index in [4.69, 9.17) is 27.9 Å². The van der Waals surface area contributed by atoms with E-state index in [-0.39, 0.29) is 4.90 Å². The molecule has 0 aromatic heterocycles. The lowest BCUT2D eigenvalue weighted by Crippen LogP contribution is -2.74. The zero-order chi connectivity index (χ0) is 30.4. The van der Waals surface area contributed by atoms with Crippen LogP contribution in [0.3, 0.4) is 0 Å². The van der Waals surface area contributed by atoms with Gasteiger partial charge >= 0.3 is 29.8 Å². The predicted octanol–water partition coefficient (Wildman–Crippen LogP) is 0.494. The first-order valence-electron chi connectivity index (χ1n) is 12.0. The van der Waals surface area contributed by atoms with Gasteiger partial charge in [-0.3, -0.25) is 28.2 Å². The molecule has 1 aromatic rings. The van der Waals surface area contributed by atoms with Crippen molar-refractivity contribution in [2.45, 2.75) is 89.0 Å². The van der Waals surface area contributed by atoms with Gasteiger partial charge in [0.1, 0.15) is 5.60 Å². The Morgan fingerprint density at radius 1 is 0.700 bits per heavy atom. The van der Waals surface area contributed by atoms with Gasteiger partial charge in [-0.25, -0.2) is 0 Å². The first kappa shape index (κ1) is 32.7. The van der Waals surface area contributed by atoms with Gasteiger partial charge in [0.2, 0.25) is 0 Å². The molecule has 1 N–H and O–H groups in total. The molecule has 0 radical (unpaired) electrons. The van der Waals surface area contributed by atoms with E-state index < -0.39 is 89.1 Å². The standard InChI is InChI=1S/C25H32O14S/c1-13-7-9-19(10-8-13)40(32,33)34-12-11-25(31)23(38-17(5)29)21(36-15(3)27)20(35-14(2)26)22(37-16(4)28)24(25)39-18(6)30/h7-10,20-24,31H,11-12H2,1-6H3/t20-,21?,22?,23+,24?,25-/m1/s1. The molecule has 2 rings (SSSR count). The van der Waals surface area contributed by atoms with Crippen LogP contribution in [0.1, 0.15) is 46.6 Å². The molecule has 1 fully saturated rings. The lowest BCUT2D eigenvalue weighted by molar-refractivity contribution is -0.288. The average molecular weight is 589 g/mol. The number of rotatable bonds is 10. The van der Waals surface area contributed by atoms with Crippen LogP contribution in [-0.2, 0) is 62.0 Å². The summed E-state index contributed by atoms with van der Waals surface area (Å²) in [6.45, 7) is 5.85. The summed E-state index contributed by atoms with van der Waals surface area (Å²) in [5.74, 6) is -4.87. The number of aliphatic hydroxyl groups is 1. The molecule has 1 saturated carbocycles. The quantitative estimate of drug-likeness (QED) is 0.225. The van der Waals surface area contributed by atoms with Crippen molar-refractivity contribution in [1.82, 2.24) is 0 Å². The van der Waals surface area contributed by atoms with Gasteiger partial charge in [-0.1, -0.05) is 17.7 Å². The molecule has 0 heterocycles. The highest BCUT2D eigenvalue weighted by atomic mass is 32.2. The van der Waals surface area contributed by atoms with Crippen LogP contribution in [0, 0.1) is 6.92 Å². The Kier molecular flexibility index (Phi) is 10.8. The summed E-state index contributed by atoms with van der Waals surface area (Å²) < 4.78 is 56.9. The van der Waals surface area contributed by atoms with E-state index in [0.29, 0.717) is 0 Å². The van der Waals surface area contributed by atoms with Gasteiger partial charge in [0.05, 0.1) is 11.5 Å². The molecule has 0 amide bonds. The second-order valence-electron chi connectivity index (χ2n) is 9.11. The van der Waals surface area contributed by atoms with Crippen molar-refractivity contribution in [2.75, 3.05) is 6.61 Å². The van der Waals surface area contributed by atoms with E-state index in [1.165, 1.54) is 12.1 Å². The van der Waals surface area contributed by atoms with Gasteiger partial charge in [0.15, 0.2) is 30.5 Å². The third-order valence-corrected chi connectivity index (χ3v) is 7.10. The Morgan fingerprint density at radius 3 is 1.45 bits per heavy atom. The van der Waals surface area contributed by atoms with Crippen LogP contribution in [0.25, 0.3) is 0 Å². The van der Waals surface area contributed by atoms with Gasteiger partial charge < -0.3 is 28.8 Å². The highest BCUT2D eigenvalue weighted by Crippen LogP contribution is 2.41. The van der Waals surface area contributed by atoms with Crippen LogP contribution in [0.2, 0.25) is 0 Å². The Morgan fingerprint density at radius 2 is 1.07 bits per heavy atom. The number of ether oxygens (including phenoxy) is 5. The minimum Gasteiger partial charge on any atom is -0.455 e. The highest BCUT2D eigenvalue weighted by Gasteiger charge is 2.66. The molecule has 6 atom stereocenters. The molecule has 0 bridgehead atoms. The Hall–Kier alpha value is -3.56. The fourth-order valence-corrected chi connectivity index (χ4v) is 5.21. The van der Waals surface area contributed by atoms with E-state index in [1.54, 1.807) is 19.1 Å². The molecule has 0 spiro atoms. The van der Waals surface area contributed by atoms with Gasteiger partial charge in [0, 0.05) is 41.0 Å². The van der Waals surface area contributed by atoms with Crippen LogP contribution >= 0.6 is 0 Å². The second kappa shape index (κ2) is 13.2. The fourth-order valence-electron chi connectivity index (χ4n) is 4.30. The summed E-state index contributed by atoms with van der Waals surface area (Å²) >= 11 is 0. The lowest BCUT2D eigenvalue weighted by Gasteiger charge is -2.52. The molecule has 1 aliphatic carbocycles. The third kappa shape index (κ3) is 8.22. The summed E-state index contributed by atoms with van der Waals surface area (Å²) in [6, 6.07) is 5.70. The van der Waals surface area contributed by atoms with Crippen molar-refractivity contribution in [3.05, 3.63) is 29.8 Å². The van der Waals surface area contributed by atoms with Crippen LogP contribution in [0.4, 0.5) is 0 Å². The van der Waals surface area contributed by atoms with E-state index >= 15 is 0 Å². The molecule has 222 valence electrons. The number of hydrogen-bond donors (Lipinski definition) is 1. The van der Waals surface area contributed by atoms with Gasteiger partial charge in [-0.2, -0.15) is 8.42 Å². The maximum Gasteiger partial charge on any atom is 0.303 e. The molecule has 14 nitrogen and oxygen atoms in total. The lowest BCUT2D eigenvalue weighted by atomic mass is 9.72. The minimum absolute atomic E-state index is 0.188. The van der Waals surface area contributed by atoms with Crippen molar-refractivity contribution in [1.29, 1.82) is 0 Å². The van der Waals surface area contributed by atoms with Gasteiger partial charge in [0.25, 0.3) is 10.1 Å². The summed E-state index contributed by atoms with van der Waals surface area (Å²) in [6.07, 6.45) is -9.87. The van der Waals surface area contributed by atoms with Crippen molar-refractivity contribution in [3.63, 3.8) is 0 Å². The molecule has 1 aliphatic rings. The smallest absolute Gasteiger partial charge is 0.303 e. The van der Waals surface area contributed by atoms with Crippen molar-refractivity contribution < 1.29 is 65.4 Å². The Bertz CT molecular complexity index is 1180. The number of hydrogen-bond acceptors (Lipinski definition) is 14. The number of benzene rings is 1. The van der Waals surface area contributed by atoms with E-state index in [0.717, 1.165) is 40.2 Å². The molecular formula is C25H32O14S. The zero-order valence-electron chi connectivity index (χ0n) is 22.8. The maximum absolute atomic E-state index is 12.7. The van der Waals surface area contributed by atoms with Crippen molar-refractivity contribution >= 4 is 40.0 Å². The van der Waals surface area contributed by atoms with Gasteiger partial charge in [-0.05, 0) is 19.1 Å². The van der Waals surface area contributed by atoms with Crippen molar-refractivity contribution in [2.24, 2.45) is 0 Å². The van der Waals surface area contributed by atoms with Crippen LogP contribution < -0.4 is 0 Å². The molecular weight excluding hydrogens is 556 g/mol. The van der Waals surface area contributed by atoms with Crippen LogP contribution in [-0.4, -0.2) is 86.1 Å². The SMILES string of the molecule is CC(=O)OC1C(OC(C)=O)[C@@](O)(CCOS(=O)(=O)c2ccc(C)cc2)[C@@H](OC(C)=O)C(OC(C)=O)[C@H]1OC(C)=O. The Labute approximate surface area is 230 Å². The van der Waals surface area contributed by atoms with E-state index in [2.05, 4.69) is 0 Å². The number of carbonyl (C=O) groups is 5. The minimum atomic E-state index is -4.34. The third-order valence-electron chi connectivity index (χ3n) is 5.77. The second-order valence-corrected chi connectivity index (χ2v) is 10.7. The van der Waals surface area contributed by atoms with E-state index in [9.17, 15) is 37.5 Å². The number of esters is 5. The van der Waals surface area contributed by atoms with E-state index in [1.807, 2.05) is 0 Å². The van der Waals surface area contributed by atoms with Gasteiger partial charge in [-0.15, -0.1) is 0 Å². The molecule has 3 unspecified atom stereocenters. The zero-order valence-corrected chi connectivity index (χ0v) is 23.6. The monoisotopic (exact) mass is 588 g/mol. The first-order chi connectivity index (χ1) is 18.5. The predicted molar refractivity (Wildman–Crippen MR) is 132 cm³/mol. The molecule has 0 saturated heterocycles. The maximum atomic E-state index is 12.7. The first-order valence-corrected chi connectivity index (χ1v) is 13.4. The molecule has 0 aliphatic heterocycles. The Balaban J connectivity index is 2.63. The molecule has 1 aromatic carbocycles. The summed E-state index contributed by atoms with van der Waals surface area (Å²) in [5, 5.41) is 12.0. The fraction of sp³-hybridized carbons (Fsp3) is 0.560. The number of aryl methyl sites for hydroxylation is 1.